The monoisotopic (exact) mass is 242 g/mol. The van der Waals surface area contributed by atoms with Crippen LogP contribution in [-0.2, 0) is 4.74 Å². The first kappa shape index (κ1) is 14.9. The number of hydrogen-bond acceptors (Lipinski definition) is 3. The Bertz CT molecular complexity index is 197. The molecule has 1 fully saturated rings. The van der Waals surface area contributed by atoms with Crippen molar-refractivity contribution in [1.82, 2.24) is 10.2 Å². The molecule has 0 aliphatic carbocycles. The lowest BCUT2D eigenvalue weighted by atomic mass is 10.2. The molecule has 0 aromatic heterocycles. The molecule has 0 bridgehead atoms. The third-order valence-electron chi connectivity index (χ3n) is 3.54. The lowest BCUT2D eigenvalue weighted by molar-refractivity contribution is 0.0736. The molecule has 17 heavy (non-hydrogen) atoms. The van der Waals surface area contributed by atoms with Crippen LogP contribution in [0.4, 0.5) is 0 Å². The number of nitrogens with one attached hydrogen (secondary N) is 1. The molecule has 1 saturated heterocycles. The normalized spacial score (nSPS) is 27.4. The fourth-order valence-corrected chi connectivity index (χ4v) is 2.29. The molecule has 0 aromatic carbocycles. The molecule has 2 unspecified atom stereocenters. The van der Waals surface area contributed by atoms with Crippen molar-refractivity contribution in [3.05, 3.63) is 0 Å². The average Bonchev–Trinajstić information content (AvgIpc) is 2.47. The predicted octanol–water partition coefficient (Wildman–Crippen LogP) is 2.12. The van der Waals surface area contributed by atoms with Crippen LogP contribution in [0.5, 0.6) is 0 Å². The highest BCUT2D eigenvalue weighted by atomic mass is 16.5. The summed E-state index contributed by atoms with van der Waals surface area (Å²) in [7, 11) is 0. The topological polar surface area (TPSA) is 24.5 Å². The predicted molar refractivity (Wildman–Crippen MR) is 73.4 cm³/mol. The van der Waals surface area contributed by atoms with E-state index in [1.807, 2.05) is 0 Å². The standard InChI is InChI=1S/C14H30N2O/c1-5-14-10-16(13(4)6-7-15-14)8-9-17-11-12(2)3/h12-15H,5-11H2,1-4H3. The SMILES string of the molecule is CCC1CN(CCOCC(C)C)C(C)CCN1. The quantitative estimate of drug-likeness (QED) is 0.722. The molecule has 0 amide bonds. The number of ether oxygens (including phenoxy) is 1. The molecule has 3 nitrogen and oxygen atoms in total. The van der Waals surface area contributed by atoms with Gasteiger partial charge in [-0.2, -0.15) is 0 Å². The summed E-state index contributed by atoms with van der Waals surface area (Å²) in [5, 5.41) is 3.62. The molecule has 1 heterocycles. The fourth-order valence-electron chi connectivity index (χ4n) is 2.29. The Kier molecular flexibility index (Phi) is 7.09. The zero-order chi connectivity index (χ0) is 12.7. The van der Waals surface area contributed by atoms with Gasteiger partial charge in [-0.05, 0) is 32.2 Å². The van der Waals surface area contributed by atoms with Crippen LogP contribution in [-0.4, -0.2) is 49.8 Å². The maximum atomic E-state index is 5.69. The van der Waals surface area contributed by atoms with E-state index in [0.29, 0.717) is 18.0 Å². The third-order valence-corrected chi connectivity index (χ3v) is 3.54. The summed E-state index contributed by atoms with van der Waals surface area (Å²) in [6.07, 6.45) is 2.47. The van der Waals surface area contributed by atoms with E-state index in [2.05, 4.69) is 37.9 Å². The van der Waals surface area contributed by atoms with Crippen LogP contribution < -0.4 is 5.32 Å². The van der Waals surface area contributed by atoms with Crippen molar-refractivity contribution >= 4 is 0 Å². The Hall–Kier alpha value is -0.120. The Balaban J connectivity index is 2.27. The maximum Gasteiger partial charge on any atom is 0.0593 e. The molecule has 1 N–H and O–H groups in total. The van der Waals surface area contributed by atoms with Crippen molar-refractivity contribution in [3.63, 3.8) is 0 Å². The van der Waals surface area contributed by atoms with Crippen LogP contribution in [0.1, 0.15) is 40.5 Å². The van der Waals surface area contributed by atoms with Crippen LogP contribution in [0.15, 0.2) is 0 Å². The number of hydrogen-bond donors (Lipinski definition) is 1. The summed E-state index contributed by atoms with van der Waals surface area (Å²) in [6.45, 7) is 14.2. The molecule has 0 radical (unpaired) electrons. The molecular formula is C14H30N2O. The van der Waals surface area contributed by atoms with Crippen molar-refractivity contribution in [2.75, 3.05) is 32.8 Å². The van der Waals surface area contributed by atoms with Gasteiger partial charge in [-0.25, -0.2) is 0 Å². The first-order valence-corrected chi connectivity index (χ1v) is 7.18. The highest BCUT2D eigenvalue weighted by Gasteiger charge is 2.21. The maximum absolute atomic E-state index is 5.69. The Morgan fingerprint density at radius 3 is 2.82 bits per heavy atom. The van der Waals surface area contributed by atoms with Crippen LogP contribution in [0.2, 0.25) is 0 Å². The summed E-state index contributed by atoms with van der Waals surface area (Å²) in [5.41, 5.74) is 0. The van der Waals surface area contributed by atoms with Crippen LogP contribution >= 0.6 is 0 Å². The largest absolute Gasteiger partial charge is 0.380 e. The highest BCUT2D eigenvalue weighted by Crippen LogP contribution is 2.10. The van der Waals surface area contributed by atoms with Crippen molar-refractivity contribution in [3.8, 4) is 0 Å². The zero-order valence-corrected chi connectivity index (χ0v) is 12.0. The van der Waals surface area contributed by atoms with Crippen molar-refractivity contribution in [1.29, 1.82) is 0 Å². The highest BCUT2D eigenvalue weighted by molar-refractivity contribution is 4.80. The van der Waals surface area contributed by atoms with Crippen molar-refractivity contribution in [2.24, 2.45) is 5.92 Å². The minimum Gasteiger partial charge on any atom is -0.380 e. The third kappa shape index (κ3) is 5.84. The van der Waals surface area contributed by atoms with Gasteiger partial charge in [0.25, 0.3) is 0 Å². The number of rotatable bonds is 6. The van der Waals surface area contributed by atoms with Gasteiger partial charge in [0.2, 0.25) is 0 Å². The molecular weight excluding hydrogens is 212 g/mol. The van der Waals surface area contributed by atoms with E-state index in [0.717, 1.165) is 26.3 Å². The first-order valence-electron chi connectivity index (χ1n) is 7.18. The van der Waals surface area contributed by atoms with Gasteiger partial charge >= 0.3 is 0 Å². The Morgan fingerprint density at radius 2 is 2.18 bits per heavy atom. The molecule has 1 aliphatic rings. The van der Waals surface area contributed by atoms with E-state index >= 15 is 0 Å². The fraction of sp³-hybridized carbons (Fsp3) is 1.00. The molecule has 0 aromatic rings. The minimum absolute atomic E-state index is 0.640. The van der Waals surface area contributed by atoms with E-state index in [-0.39, 0.29) is 0 Å². The van der Waals surface area contributed by atoms with Gasteiger partial charge in [0.1, 0.15) is 0 Å². The molecule has 3 heteroatoms. The van der Waals surface area contributed by atoms with Crippen LogP contribution in [0, 0.1) is 5.92 Å². The van der Waals surface area contributed by atoms with E-state index in [1.54, 1.807) is 0 Å². The van der Waals surface area contributed by atoms with Crippen LogP contribution in [0.3, 0.4) is 0 Å². The molecule has 1 rings (SSSR count). The summed E-state index contributed by atoms with van der Waals surface area (Å²) in [6, 6.07) is 1.34. The van der Waals surface area contributed by atoms with Gasteiger partial charge in [0.15, 0.2) is 0 Å². The van der Waals surface area contributed by atoms with E-state index in [4.69, 9.17) is 4.74 Å². The lowest BCUT2D eigenvalue weighted by Crippen LogP contribution is -2.41. The van der Waals surface area contributed by atoms with Gasteiger partial charge in [0.05, 0.1) is 6.61 Å². The second kappa shape index (κ2) is 8.06. The van der Waals surface area contributed by atoms with Gasteiger partial charge in [-0.1, -0.05) is 20.8 Å². The summed E-state index contributed by atoms with van der Waals surface area (Å²) in [5.74, 6) is 0.640. The first-order chi connectivity index (χ1) is 8.13. The average molecular weight is 242 g/mol. The molecule has 0 saturated carbocycles. The summed E-state index contributed by atoms with van der Waals surface area (Å²) >= 11 is 0. The summed E-state index contributed by atoms with van der Waals surface area (Å²) < 4.78 is 5.69. The second-order valence-corrected chi connectivity index (χ2v) is 5.66. The van der Waals surface area contributed by atoms with Crippen LogP contribution in [0.25, 0.3) is 0 Å². The Labute approximate surface area is 107 Å². The van der Waals surface area contributed by atoms with Gasteiger partial charge < -0.3 is 10.1 Å². The van der Waals surface area contributed by atoms with Crippen molar-refractivity contribution in [2.45, 2.75) is 52.6 Å². The molecule has 2 atom stereocenters. The zero-order valence-electron chi connectivity index (χ0n) is 12.0. The second-order valence-electron chi connectivity index (χ2n) is 5.66. The van der Waals surface area contributed by atoms with E-state index in [9.17, 15) is 0 Å². The van der Waals surface area contributed by atoms with Gasteiger partial charge in [-0.15, -0.1) is 0 Å². The minimum atomic E-state index is 0.640. The van der Waals surface area contributed by atoms with E-state index < -0.39 is 0 Å². The van der Waals surface area contributed by atoms with Crippen molar-refractivity contribution < 1.29 is 4.74 Å². The smallest absolute Gasteiger partial charge is 0.0593 e. The summed E-state index contributed by atoms with van der Waals surface area (Å²) in [4.78, 5) is 2.58. The van der Waals surface area contributed by atoms with Gasteiger partial charge in [-0.3, -0.25) is 4.90 Å². The Morgan fingerprint density at radius 1 is 1.41 bits per heavy atom. The number of nitrogens with zero attached hydrogens (tertiary/aromatic N) is 1. The lowest BCUT2D eigenvalue weighted by Gasteiger charge is -2.28. The molecule has 0 spiro atoms. The van der Waals surface area contributed by atoms with E-state index in [1.165, 1.54) is 19.4 Å². The molecule has 102 valence electrons. The molecule has 1 aliphatic heterocycles. The van der Waals surface area contributed by atoms with Gasteiger partial charge in [0, 0.05) is 31.8 Å².